The Hall–Kier alpha value is -2.73. The van der Waals surface area contributed by atoms with Crippen molar-refractivity contribution in [1.29, 1.82) is 0 Å². The van der Waals surface area contributed by atoms with Crippen molar-refractivity contribution < 1.29 is 14.6 Å². The molecule has 122 valence electrons. The largest absolute Gasteiger partial charge is 0.494 e. The quantitative estimate of drug-likeness (QED) is 0.690. The summed E-state index contributed by atoms with van der Waals surface area (Å²) in [6, 6.07) is 15.3. The van der Waals surface area contributed by atoms with E-state index in [-0.39, 0.29) is 5.56 Å². The highest BCUT2D eigenvalue weighted by atomic mass is 32.2. The molecule has 0 aliphatic heterocycles. The lowest BCUT2D eigenvalue weighted by Gasteiger charge is -2.15. The number of ether oxygens (including phenoxy) is 1. The molecule has 1 heterocycles. The molecule has 0 atom stereocenters. The summed E-state index contributed by atoms with van der Waals surface area (Å²) in [5.74, 6) is -0.150. The number of methoxy groups -OCH3 is 1. The molecule has 0 spiro atoms. The van der Waals surface area contributed by atoms with Crippen LogP contribution in [0, 0.1) is 0 Å². The molecule has 3 aromatic rings. The van der Waals surface area contributed by atoms with Gasteiger partial charge in [0.05, 0.1) is 7.11 Å². The maximum atomic E-state index is 11.8. The number of aromatic nitrogens is 2. The van der Waals surface area contributed by atoms with Crippen LogP contribution in [-0.2, 0) is 5.75 Å². The van der Waals surface area contributed by atoms with E-state index in [2.05, 4.69) is 5.10 Å². The molecule has 0 bridgehead atoms. The smallest absolute Gasteiger partial charge is 0.339 e. The van der Waals surface area contributed by atoms with Gasteiger partial charge in [-0.3, -0.25) is 0 Å². The van der Waals surface area contributed by atoms with Gasteiger partial charge in [0.25, 0.3) is 0 Å². The number of aromatic carboxylic acids is 1. The Balaban J connectivity index is 1.99. The van der Waals surface area contributed by atoms with E-state index in [1.54, 1.807) is 34.9 Å². The molecule has 1 aromatic heterocycles. The van der Waals surface area contributed by atoms with E-state index in [4.69, 9.17) is 4.74 Å². The third-order valence-corrected chi connectivity index (χ3v) is 4.59. The van der Waals surface area contributed by atoms with Crippen LogP contribution >= 0.6 is 11.8 Å². The molecule has 0 radical (unpaired) electrons. The standard InChI is InChI=1S/C18H16N2O3S/c1-23-17-15(20-11-5-10-19-20)9-8-13(16(17)18(21)22)12-24-14-6-3-2-4-7-14/h2-11H,12H2,1H3,(H,21,22). The van der Waals surface area contributed by atoms with E-state index in [1.807, 2.05) is 42.5 Å². The molecule has 5 nitrogen and oxygen atoms in total. The Morgan fingerprint density at radius 1 is 1.21 bits per heavy atom. The number of carboxylic acid groups (broad SMARTS) is 1. The lowest BCUT2D eigenvalue weighted by molar-refractivity contribution is 0.0692. The van der Waals surface area contributed by atoms with Crippen LogP contribution in [0.5, 0.6) is 5.75 Å². The van der Waals surface area contributed by atoms with Crippen molar-refractivity contribution in [2.75, 3.05) is 7.11 Å². The molecule has 3 rings (SSSR count). The average Bonchev–Trinajstić information content (AvgIpc) is 3.14. The summed E-state index contributed by atoms with van der Waals surface area (Å²) in [5, 5.41) is 13.8. The van der Waals surface area contributed by atoms with Crippen molar-refractivity contribution in [3.63, 3.8) is 0 Å². The molecule has 0 unspecified atom stereocenters. The lowest BCUT2D eigenvalue weighted by atomic mass is 10.1. The predicted octanol–water partition coefficient (Wildman–Crippen LogP) is 3.87. The van der Waals surface area contributed by atoms with Crippen LogP contribution in [0.4, 0.5) is 0 Å². The zero-order valence-electron chi connectivity index (χ0n) is 13.0. The SMILES string of the molecule is COc1c(-n2cccn2)ccc(CSc2ccccc2)c1C(=O)O. The van der Waals surface area contributed by atoms with Crippen LogP contribution in [0.3, 0.4) is 0 Å². The van der Waals surface area contributed by atoms with Crippen molar-refractivity contribution in [1.82, 2.24) is 9.78 Å². The molecule has 0 amide bonds. The number of rotatable bonds is 6. The molecular weight excluding hydrogens is 324 g/mol. The van der Waals surface area contributed by atoms with Crippen LogP contribution in [0.25, 0.3) is 5.69 Å². The zero-order valence-corrected chi connectivity index (χ0v) is 13.9. The Kier molecular flexibility index (Phi) is 4.86. The van der Waals surface area contributed by atoms with Crippen LogP contribution in [0.1, 0.15) is 15.9 Å². The minimum atomic E-state index is -1.01. The van der Waals surface area contributed by atoms with E-state index in [0.717, 1.165) is 4.90 Å². The van der Waals surface area contributed by atoms with Gasteiger partial charge < -0.3 is 9.84 Å². The zero-order chi connectivity index (χ0) is 16.9. The summed E-state index contributed by atoms with van der Waals surface area (Å²) >= 11 is 1.59. The number of thioether (sulfide) groups is 1. The van der Waals surface area contributed by atoms with E-state index in [1.165, 1.54) is 7.11 Å². The highest BCUT2D eigenvalue weighted by molar-refractivity contribution is 7.98. The van der Waals surface area contributed by atoms with Crippen LogP contribution < -0.4 is 4.74 Å². The fraction of sp³-hybridized carbons (Fsp3) is 0.111. The van der Waals surface area contributed by atoms with Crippen molar-refractivity contribution in [2.24, 2.45) is 0 Å². The summed E-state index contributed by atoms with van der Waals surface area (Å²) < 4.78 is 7.00. The van der Waals surface area contributed by atoms with Crippen molar-refractivity contribution >= 4 is 17.7 Å². The first-order valence-electron chi connectivity index (χ1n) is 7.31. The van der Waals surface area contributed by atoms with E-state index in [0.29, 0.717) is 22.8 Å². The molecule has 2 aromatic carbocycles. The van der Waals surface area contributed by atoms with Gasteiger partial charge in [0.1, 0.15) is 11.3 Å². The molecule has 6 heteroatoms. The van der Waals surface area contributed by atoms with Gasteiger partial charge in [-0.25, -0.2) is 9.48 Å². The fourth-order valence-corrected chi connectivity index (χ4v) is 3.36. The second-order valence-electron chi connectivity index (χ2n) is 5.01. The van der Waals surface area contributed by atoms with E-state index < -0.39 is 5.97 Å². The highest BCUT2D eigenvalue weighted by Crippen LogP contribution is 2.33. The van der Waals surface area contributed by atoms with Gasteiger partial charge in [0, 0.05) is 23.0 Å². The Morgan fingerprint density at radius 3 is 2.62 bits per heavy atom. The van der Waals surface area contributed by atoms with Crippen molar-refractivity contribution in [2.45, 2.75) is 10.6 Å². The number of carbonyl (C=O) groups is 1. The van der Waals surface area contributed by atoms with Gasteiger partial charge in [-0.1, -0.05) is 24.3 Å². The lowest BCUT2D eigenvalue weighted by Crippen LogP contribution is -2.09. The van der Waals surface area contributed by atoms with Gasteiger partial charge in [-0.2, -0.15) is 5.10 Å². The average molecular weight is 340 g/mol. The molecule has 0 fully saturated rings. The topological polar surface area (TPSA) is 64.4 Å². The number of benzene rings is 2. The van der Waals surface area contributed by atoms with Gasteiger partial charge in [0.15, 0.2) is 5.75 Å². The summed E-state index contributed by atoms with van der Waals surface area (Å²) in [4.78, 5) is 12.9. The molecule has 0 aliphatic rings. The Labute approximate surface area is 143 Å². The maximum absolute atomic E-state index is 11.8. The molecule has 0 saturated heterocycles. The summed E-state index contributed by atoms with van der Waals surface area (Å²) in [7, 11) is 1.48. The molecule has 0 aliphatic carbocycles. The minimum absolute atomic E-state index is 0.175. The Bertz CT molecular complexity index is 833. The summed E-state index contributed by atoms with van der Waals surface area (Å²) in [6.07, 6.45) is 3.39. The molecule has 1 N–H and O–H groups in total. The molecule has 0 saturated carbocycles. The van der Waals surface area contributed by atoms with E-state index >= 15 is 0 Å². The first kappa shape index (κ1) is 16.1. The molecular formula is C18H16N2O3S. The van der Waals surface area contributed by atoms with Crippen LogP contribution in [-0.4, -0.2) is 28.0 Å². The first-order valence-corrected chi connectivity index (χ1v) is 8.30. The second kappa shape index (κ2) is 7.23. The highest BCUT2D eigenvalue weighted by Gasteiger charge is 2.21. The molecule has 24 heavy (non-hydrogen) atoms. The minimum Gasteiger partial charge on any atom is -0.494 e. The van der Waals surface area contributed by atoms with E-state index in [9.17, 15) is 9.90 Å². The van der Waals surface area contributed by atoms with Crippen LogP contribution in [0.2, 0.25) is 0 Å². The van der Waals surface area contributed by atoms with Crippen molar-refractivity contribution in [3.05, 3.63) is 72.1 Å². The number of carboxylic acids is 1. The number of hydrogen-bond acceptors (Lipinski definition) is 4. The summed E-state index contributed by atoms with van der Waals surface area (Å²) in [6.45, 7) is 0. The summed E-state index contributed by atoms with van der Waals surface area (Å²) in [5.41, 5.74) is 1.49. The van der Waals surface area contributed by atoms with Gasteiger partial charge in [0.2, 0.25) is 0 Å². The van der Waals surface area contributed by atoms with Gasteiger partial charge >= 0.3 is 5.97 Å². The van der Waals surface area contributed by atoms with Crippen LogP contribution in [0.15, 0.2) is 65.8 Å². The number of hydrogen-bond donors (Lipinski definition) is 1. The van der Waals surface area contributed by atoms with Crippen molar-refractivity contribution in [3.8, 4) is 11.4 Å². The maximum Gasteiger partial charge on any atom is 0.339 e. The third kappa shape index (κ3) is 3.28. The fourth-order valence-electron chi connectivity index (χ4n) is 2.44. The number of nitrogens with zero attached hydrogens (tertiary/aromatic N) is 2. The second-order valence-corrected chi connectivity index (χ2v) is 6.06. The Morgan fingerprint density at radius 2 is 2.00 bits per heavy atom. The normalized spacial score (nSPS) is 10.5. The third-order valence-electron chi connectivity index (χ3n) is 3.53. The first-order chi connectivity index (χ1) is 11.7. The predicted molar refractivity (Wildman–Crippen MR) is 93.1 cm³/mol. The van der Waals surface area contributed by atoms with Gasteiger partial charge in [-0.15, -0.1) is 11.8 Å². The van der Waals surface area contributed by atoms with Gasteiger partial charge in [-0.05, 0) is 29.8 Å². The monoisotopic (exact) mass is 340 g/mol.